The first-order valence-corrected chi connectivity index (χ1v) is 15.0. The number of rotatable bonds is 4. The third-order valence-corrected chi connectivity index (χ3v) is 10.1. The van der Waals surface area contributed by atoms with Crippen LogP contribution in [0.4, 0.5) is 0 Å². The van der Waals surface area contributed by atoms with Crippen LogP contribution in [0.1, 0.15) is 50.3 Å². The largest absolute Gasteiger partial charge is 0.504 e. The molecule has 7 heteroatoms. The van der Waals surface area contributed by atoms with Crippen molar-refractivity contribution in [3.63, 3.8) is 0 Å². The summed E-state index contributed by atoms with van der Waals surface area (Å²) < 4.78 is 16.4. The Morgan fingerprint density at radius 2 is 1.79 bits per heavy atom. The first-order valence-electron chi connectivity index (χ1n) is 15.0. The van der Waals surface area contributed by atoms with Crippen LogP contribution in [0, 0.1) is 11.3 Å². The van der Waals surface area contributed by atoms with Gasteiger partial charge in [0.05, 0.1) is 24.2 Å². The molecule has 3 atom stereocenters. The van der Waals surface area contributed by atoms with Crippen molar-refractivity contribution in [1.82, 2.24) is 14.3 Å². The topological polar surface area (TPSA) is 81.7 Å². The van der Waals surface area contributed by atoms with E-state index in [-0.39, 0.29) is 23.2 Å². The second-order valence-electron chi connectivity index (χ2n) is 13.2. The van der Waals surface area contributed by atoms with Crippen LogP contribution in [0.5, 0.6) is 17.2 Å². The summed E-state index contributed by atoms with van der Waals surface area (Å²) in [7, 11) is 5.71. The number of benzene rings is 3. The van der Waals surface area contributed by atoms with Gasteiger partial charge in [0, 0.05) is 48.7 Å². The Kier molecular flexibility index (Phi) is 6.19. The van der Waals surface area contributed by atoms with Gasteiger partial charge in [0.1, 0.15) is 11.4 Å². The predicted molar refractivity (Wildman–Crippen MR) is 171 cm³/mol. The zero-order valence-electron chi connectivity index (χ0n) is 25.7. The van der Waals surface area contributed by atoms with Crippen molar-refractivity contribution in [3.8, 4) is 28.4 Å². The zero-order chi connectivity index (χ0) is 30.3. The molecular weight excluding hydrogens is 538 g/mol. The summed E-state index contributed by atoms with van der Waals surface area (Å²) >= 11 is 0. The van der Waals surface area contributed by atoms with Gasteiger partial charge >= 0.3 is 0 Å². The minimum absolute atomic E-state index is 0.144. The van der Waals surface area contributed by atoms with E-state index in [1.54, 1.807) is 13.2 Å². The van der Waals surface area contributed by atoms with Crippen LogP contribution in [0.3, 0.4) is 0 Å². The number of aromatic nitrogens is 3. The number of fused-ring (bicyclic) bond motifs is 4. The number of hydrogen-bond acceptors (Lipinski definition) is 5. The molecule has 0 spiro atoms. The van der Waals surface area contributed by atoms with E-state index in [2.05, 4.69) is 80.2 Å². The van der Waals surface area contributed by atoms with Gasteiger partial charge in [-0.25, -0.2) is 0 Å². The standard InChI is InChI=1S/C36H39N3O4/c1-35(2)31-18-23-14-21(16-29(40)34(23)43-36(31,3)13-12-32(35)41)10-11-22-15-28-33(30(17-22)42-6)26(19-38(28)4)24-8-7-9-27-25(24)20-39(5)37-27/h7-11,14-17,19-20,31-32,40-41H,12-13,18H2,1-6H3/t31-,32-,36-/m1/s1. The Labute approximate surface area is 252 Å². The Morgan fingerprint density at radius 1 is 1.02 bits per heavy atom. The summed E-state index contributed by atoms with van der Waals surface area (Å²) in [5, 5.41) is 28.6. The van der Waals surface area contributed by atoms with Crippen LogP contribution in [-0.4, -0.2) is 43.4 Å². The van der Waals surface area contributed by atoms with Crippen LogP contribution < -0.4 is 9.47 Å². The molecule has 0 radical (unpaired) electrons. The molecule has 1 aliphatic heterocycles. The molecule has 5 aromatic rings. The highest BCUT2D eigenvalue weighted by Gasteiger charge is 2.54. The van der Waals surface area contributed by atoms with Crippen molar-refractivity contribution in [2.24, 2.45) is 25.4 Å². The molecule has 222 valence electrons. The lowest BCUT2D eigenvalue weighted by Crippen LogP contribution is -2.58. The van der Waals surface area contributed by atoms with Crippen LogP contribution in [-0.2, 0) is 20.5 Å². The van der Waals surface area contributed by atoms with Crippen LogP contribution in [0.25, 0.3) is 45.1 Å². The number of aryl methyl sites for hydroxylation is 2. The average Bonchev–Trinajstić information content (AvgIpc) is 3.52. The predicted octanol–water partition coefficient (Wildman–Crippen LogP) is 7.11. The van der Waals surface area contributed by atoms with E-state index in [9.17, 15) is 10.2 Å². The maximum atomic E-state index is 11.0. The lowest BCUT2D eigenvalue weighted by molar-refractivity contribution is -0.138. The summed E-state index contributed by atoms with van der Waals surface area (Å²) in [5.41, 5.74) is 6.42. The number of nitrogens with zero attached hydrogens (tertiary/aromatic N) is 3. The molecule has 1 saturated carbocycles. The number of aliphatic hydroxyl groups is 1. The van der Waals surface area contributed by atoms with Crippen molar-refractivity contribution in [3.05, 3.63) is 71.5 Å². The van der Waals surface area contributed by atoms with E-state index >= 15 is 0 Å². The summed E-state index contributed by atoms with van der Waals surface area (Å²) in [6.45, 7) is 6.39. The molecule has 0 unspecified atom stereocenters. The van der Waals surface area contributed by atoms with Gasteiger partial charge in [0.25, 0.3) is 0 Å². The molecule has 3 aromatic carbocycles. The van der Waals surface area contributed by atoms with Gasteiger partial charge in [-0.1, -0.05) is 38.1 Å². The molecule has 2 aliphatic rings. The van der Waals surface area contributed by atoms with Gasteiger partial charge in [-0.15, -0.1) is 0 Å². The number of phenolic OH excluding ortho intramolecular Hbond substituents is 1. The fourth-order valence-electron chi connectivity index (χ4n) is 7.65. The molecule has 2 N–H and O–H groups in total. The molecule has 7 rings (SSSR count). The Bertz CT molecular complexity index is 1930. The van der Waals surface area contributed by atoms with E-state index in [4.69, 9.17) is 9.47 Å². The molecule has 7 nitrogen and oxygen atoms in total. The first-order chi connectivity index (χ1) is 20.5. The van der Waals surface area contributed by atoms with E-state index < -0.39 is 5.60 Å². The highest BCUT2D eigenvalue weighted by atomic mass is 16.5. The fourth-order valence-corrected chi connectivity index (χ4v) is 7.65. The van der Waals surface area contributed by atoms with Gasteiger partial charge < -0.3 is 24.3 Å². The highest BCUT2D eigenvalue weighted by Crippen LogP contribution is 2.54. The molecule has 0 bridgehead atoms. The number of methoxy groups -OCH3 is 1. The zero-order valence-corrected chi connectivity index (χ0v) is 25.7. The number of phenols is 1. The van der Waals surface area contributed by atoms with Crippen LogP contribution in [0.2, 0.25) is 0 Å². The number of hydrogen-bond donors (Lipinski definition) is 2. The molecular formula is C36H39N3O4. The average molecular weight is 578 g/mol. The van der Waals surface area contributed by atoms with Gasteiger partial charge in [0.2, 0.25) is 0 Å². The molecule has 43 heavy (non-hydrogen) atoms. The summed E-state index contributed by atoms with van der Waals surface area (Å²) in [6.07, 6.45) is 10.1. The maximum Gasteiger partial charge on any atom is 0.164 e. The minimum Gasteiger partial charge on any atom is -0.504 e. The summed E-state index contributed by atoms with van der Waals surface area (Å²) in [6, 6.07) is 14.3. The van der Waals surface area contributed by atoms with Crippen LogP contribution >= 0.6 is 0 Å². The van der Waals surface area contributed by atoms with Crippen molar-refractivity contribution >= 4 is 34.0 Å². The smallest absolute Gasteiger partial charge is 0.164 e. The van der Waals surface area contributed by atoms with E-state index in [0.29, 0.717) is 12.2 Å². The monoisotopic (exact) mass is 577 g/mol. The minimum atomic E-state index is -0.410. The van der Waals surface area contributed by atoms with Gasteiger partial charge in [-0.05, 0) is 84.2 Å². The van der Waals surface area contributed by atoms with Crippen molar-refractivity contribution < 1.29 is 19.7 Å². The fraction of sp³-hybridized carbons (Fsp3) is 0.361. The quantitative estimate of drug-likeness (QED) is 0.223. The lowest BCUT2D eigenvalue weighted by Gasteiger charge is -2.55. The molecule has 0 amide bonds. The van der Waals surface area contributed by atoms with Crippen molar-refractivity contribution in [2.45, 2.75) is 51.7 Å². The van der Waals surface area contributed by atoms with E-state index in [1.165, 1.54) is 0 Å². The summed E-state index contributed by atoms with van der Waals surface area (Å²) in [5.74, 6) is 1.68. The molecule has 2 aromatic heterocycles. The third-order valence-electron chi connectivity index (χ3n) is 10.1. The number of aliphatic hydroxyl groups excluding tert-OH is 1. The van der Waals surface area contributed by atoms with Crippen molar-refractivity contribution in [1.29, 1.82) is 0 Å². The lowest BCUT2D eigenvalue weighted by atomic mass is 9.57. The Morgan fingerprint density at radius 3 is 2.56 bits per heavy atom. The van der Waals surface area contributed by atoms with Crippen molar-refractivity contribution in [2.75, 3.05) is 7.11 Å². The Hall–Kier alpha value is -4.23. The van der Waals surface area contributed by atoms with Gasteiger partial charge in [-0.2, -0.15) is 5.10 Å². The van der Waals surface area contributed by atoms with Gasteiger partial charge in [-0.3, -0.25) is 4.68 Å². The SMILES string of the molecule is COc1cc(C=Cc2cc(O)c3c(c2)C[C@@H]2C(C)(C)[C@H](O)CC[C@@]2(C)O3)cc2c1c(-c1cccc3nn(C)cc13)cn2C. The molecule has 0 saturated heterocycles. The number of ether oxygens (including phenoxy) is 2. The van der Waals surface area contributed by atoms with E-state index in [0.717, 1.165) is 68.2 Å². The van der Waals surface area contributed by atoms with Crippen LogP contribution in [0.15, 0.2) is 54.9 Å². The molecule has 3 heterocycles. The highest BCUT2D eigenvalue weighted by molar-refractivity contribution is 6.07. The second-order valence-corrected chi connectivity index (χ2v) is 13.2. The summed E-state index contributed by atoms with van der Waals surface area (Å²) in [4.78, 5) is 0. The molecule has 1 fully saturated rings. The van der Waals surface area contributed by atoms with Gasteiger partial charge in [0.15, 0.2) is 11.5 Å². The third kappa shape index (κ3) is 4.32. The number of aromatic hydroxyl groups is 1. The molecule has 1 aliphatic carbocycles. The maximum absolute atomic E-state index is 11.0. The van der Waals surface area contributed by atoms with E-state index in [1.807, 2.05) is 29.9 Å². The normalized spacial score (nSPS) is 23.0. The first kappa shape index (κ1) is 27.6. The second kappa shape index (κ2) is 9.64. The Balaban J connectivity index is 1.26.